The van der Waals surface area contributed by atoms with Gasteiger partial charge < -0.3 is 4.74 Å². The van der Waals surface area contributed by atoms with Gasteiger partial charge in [0.05, 0.1) is 0 Å². The fraction of sp³-hybridized carbons (Fsp3) is 0.143. The molecule has 0 saturated heterocycles. The highest BCUT2D eigenvalue weighted by Gasteiger charge is 2.19. The maximum Gasteiger partial charge on any atom is 0.194 e. The first-order valence-electron chi connectivity index (χ1n) is 10.5. The van der Waals surface area contributed by atoms with E-state index in [1.807, 2.05) is 37.3 Å². The Morgan fingerprint density at radius 2 is 1.56 bits per heavy atom. The lowest BCUT2D eigenvalue weighted by molar-refractivity contribution is 0.254. The Bertz CT molecular complexity index is 1170. The average Bonchev–Trinajstić information content (AvgIpc) is 2.97. The molecule has 0 radical (unpaired) electrons. The van der Waals surface area contributed by atoms with Crippen LogP contribution in [0.1, 0.15) is 30.6 Å². The molecule has 32 heavy (non-hydrogen) atoms. The van der Waals surface area contributed by atoms with Gasteiger partial charge in [-0.15, -0.1) is 0 Å². The molecule has 1 nitrogen and oxygen atoms in total. The predicted molar refractivity (Wildman–Crippen MR) is 122 cm³/mol. The Hall–Kier alpha value is -3.53. The number of benzene rings is 3. The molecule has 0 saturated carbocycles. The number of hydrogen-bond acceptors (Lipinski definition) is 1. The molecular weight excluding hydrogens is 409 g/mol. The van der Waals surface area contributed by atoms with Crippen LogP contribution in [0.15, 0.2) is 96.6 Å². The van der Waals surface area contributed by atoms with Crippen molar-refractivity contribution in [2.24, 2.45) is 0 Å². The summed E-state index contributed by atoms with van der Waals surface area (Å²) in [5.41, 5.74) is 4.40. The summed E-state index contributed by atoms with van der Waals surface area (Å²) < 4.78 is 46.7. The van der Waals surface area contributed by atoms with E-state index in [9.17, 15) is 13.2 Å². The van der Waals surface area contributed by atoms with E-state index in [1.54, 1.807) is 24.3 Å². The van der Waals surface area contributed by atoms with Crippen molar-refractivity contribution in [2.45, 2.75) is 25.9 Å². The third-order valence-corrected chi connectivity index (χ3v) is 5.46. The minimum atomic E-state index is -1.47. The van der Waals surface area contributed by atoms with Crippen LogP contribution in [0.4, 0.5) is 13.2 Å². The Morgan fingerprint density at radius 1 is 0.844 bits per heavy atom. The number of fused-ring (bicyclic) bond motifs is 1. The van der Waals surface area contributed by atoms with Crippen molar-refractivity contribution >= 4 is 0 Å². The maximum atomic E-state index is 13.6. The van der Waals surface area contributed by atoms with Crippen molar-refractivity contribution < 1.29 is 17.9 Å². The molecule has 0 amide bonds. The first-order chi connectivity index (χ1) is 15.5. The second-order valence-electron chi connectivity index (χ2n) is 7.64. The molecule has 1 unspecified atom stereocenters. The fourth-order valence-corrected chi connectivity index (χ4v) is 3.81. The number of halogens is 3. The third-order valence-electron chi connectivity index (χ3n) is 5.46. The smallest absolute Gasteiger partial charge is 0.194 e. The third kappa shape index (κ3) is 4.86. The molecule has 0 spiro atoms. The summed E-state index contributed by atoms with van der Waals surface area (Å²) in [6, 6.07) is 17.1. The van der Waals surface area contributed by atoms with Crippen molar-refractivity contribution in [3.63, 3.8) is 0 Å². The summed E-state index contributed by atoms with van der Waals surface area (Å²) in [7, 11) is 0. The summed E-state index contributed by atoms with van der Waals surface area (Å²) in [6.45, 7) is 1.98. The van der Waals surface area contributed by atoms with Crippen molar-refractivity contribution in [1.29, 1.82) is 0 Å². The van der Waals surface area contributed by atoms with E-state index < -0.39 is 17.5 Å². The van der Waals surface area contributed by atoms with Gasteiger partial charge in [0.25, 0.3) is 0 Å². The molecule has 0 N–H and O–H groups in total. The van der Waals surface area contributed by atoms with Crippen LogP contribution >= 0.6 is 0 Å². The fourth-order valence-electron chi connectivity index (χ4n) is 3.81. The highest BCUT2D eigenvalue weighted by Crippen LogP contribution is 2.33. The van der Waals surface area contributed by atoms with Crippen LogP contribution in [0.2, 0.25) is 0 Å². The Morgan fingerprint density at radius 3 is 2.28 bits per heavy atom. The number of rotatable bonds is 5. The molecule has 3 aromatic rings. The Balaban J connectivity index is 1.61. The second-order valence-corrected chi connectivity index (χ2v) is 7.64. The van der Waals surface area contributed by atoms with Gasteiger partial charge in [-0.05, 0) is 77.9 Å². The van der Waals surface area contributed by atoms with Crippen molar-refractivity contribution in [1.82, 2.24) is 0 Å². The molecule has 0 fully saturated rings. The van der Waals surface area contributed by atoms with Gasteiger partial charge in [0.2, 0.25) is 0 Å². The normalized spacial score (nSPS) is 16.1. The molecule has 4 heteroatoms. The van der Waals surface area contributed by atoms with E-state index in [0.29, 0.717) is 11.3 Å². The van der Waals surface area contributed by atoms with Crippen molar-refractivity contribution in [3.8, 4) is 16.9 Å². The van der Waals surface area contributed by atoms with Crippen LogP contribution in [0.3, 0.4) is 0 Å². The molecule has 0 heterocycles. The molecule has 1 atom stereocenters. The molecule has 0 aliphatic heterocycles. The largest absolute Gasteiger partial charge is 0.482 e. The highest BCUT2D eigenvalue weighted by molar-refractivity contribution is 5.64. The van der Waals surface area contributed by atoms with Gasteiger partial charge in [0, 0.05) is 0 Å². The lowest BCUT2D eigenvalue weighted by Crippen LogP contribution is -2.06. The molecule has 3 aromatic carbocycles. The lowest BCUT2D eigenvalue weighted by atomic mass is 10.0. The van der Waals surface area contributed by atoms with Gasteiger partial charge in [0.15, 0.2) is 17.5 Å². The van der Waals surface area contributed by atoms with E-state index >= 15 is 0 Å². The lowest BCUT2D eigenvalue weighted by Gasteiger charge is -2.18. The van der Waals surface area contributed by atoms with Gasteiger partial charge >= 0.3 is 0 Å². The van der Waals surface area contributed by atoms with Crippen LogP contribution < -0.4 is 4.74 Å². The number of ether oxygens (including phenoxy) is 1. The van der Waals surface area contributed by atoms with Crippen LogP contribution in [0, 0.1) is 17.5 Å². The minimum absolute atomic E-state index is 0.259. The van der Waals surface area contributed by atoms with Crippen LogP contribution in [0.25, 0.3) is 11.1 Å². The molecular formula is C28H23F3O. The van der Waals surface area contributed by atoms with Crippen LogP contribution in [0.5, 0.6) is 5.75 Å². The maximum absolute atomic E-state index is 13.6. The molecule has 162 valence electrons. The summed E-state index contributed by atoms with van der Waals surface area (Å²) in [4.78, 5) is 0. The monoisotopic (exact) mass is 432 g/mol. The van der Waals surface area contributed by atoms with Crippen LogP contribution in [-0.4, -0.2) is 0 Å². The van der Waals surface area contributed by atoms with Gasteiger partial charge in [0.1, 0.15) is 11.9 Å². The van der Waals surface area contributed by atoms with Crippen LogP contribution in [-0.2, 0) is 6.42 Å². The summed E-state index contributed by atoms with van der Waals surface area (Å²) in [6.07, 6.45) is 11.8. The van der Waals surface area contributed by atoms with E-state index in [0.717, 1.165) is 30.5 Å². The van der Waals surface area contributed by atoms with Gasteiger partial charge in [-0.1, -0.05) is 60.7 Å². The Labute approximate surface area is 186 Å². The molecule has 0 bridgehead atoms. The Kier molecular flexibility index (Phi) is 6.60. The second kappa shape index (κ2) is 9.73. The van der Waals surface area contributed by atoms with Crippen molar-refractivity contribution in [3.05, 3.63) is 125 Å². The first-order valence-corrected chi connectivity index (χ1v) is 10.5. The van der Waals surface area contributed by atoms with Gasteiger partial charge in [-0.3, -0.25) is 0 Å². The summed E-state index contributed by atoms with van der Waals surface area (Å²) in [5.74, 6) is -3.25. The SMILES string of the molecule is C/C=C\C=C/C1=CC(Oc2ccc(-c3cc(F)c(F)c(F)c3)cc2)c2ccccc2CC1. The highest BCUT2D eigenvalue weighted by atomic mass is 19.2. The zero-order valence-electron chi connectivity index (χ0n) is 17.7. The average molecular weight is 432 g/mol. The van der Waals surface area contributed by atoms with E-state index in [4.69, 9.17) is 4.74 Å². The van der Waals surface area contributed by atoms with Gasteiger partial charge in [-0.25, -0.2) is 13.2 Å². The van der Waals surface area contributed by atoms with Gasteiger partial charge in [-0.2, -0.15) is 0 Å². The summed E-state index contributed by atoms with van der Waals surface area (Å²) >= 11 is 0. The predicted octanol–water partition coefficient (Wildman–Crippen LogP) is 7.90. The number of hydrogen-bond donors (Lipinski definition) is 0. The summed E-state index contributed by atoms with van der Waals surface area (Å²) in [5, 5.41) is 0. The molecule has 1 aliphatic carbocycles. The number of allylic oxidation sites excluding steroid dienone is 5. The topological polar surface area (TPSA) is 9.23 Å². The standard InChI is InChI=1S/C28H23F3O/c1-2-3-4-7-19-10-11-21-8-5-6-9-24(21)27(16-19)32-23-14-12-20(13-15-23)22-17-25(29)28(31)26(30)18-22/h2-9,12-18,27H,10-11H2,1H3/b3-2-,7-4-. The molecule has 1 aliphatic rings. The first kappa shape index (κ1) is 21.7. The van der Waals surface area contributed by atoms with E-state index in [2.05, 4.69) is 24.3 Å². The van der Waals surface area contributed by atoms with E-state index in [1.165, 1.54) is 11.1 Å². The minimum Gasteiger partial charge on any atom is -0.482 e. The van der Waals surface area contributed by atoms with Crippen molar-refractivity contribution in [2.75, 3.05) is 0 Å². The molecule has 4 rings (SSSR count). The zero-order chi connectivity index (χ0) is 22.5. The zero-order valence-corrected chi connectivity index (χ0v) is 17.7. The molecule has 0 aromatic heterocycles. The quantitative estimate of drug-likeness (QED) is 0.294. The van der Waals surface area contributed by atoms with E-state index in [-0.39, 0.29) is 11.7 Å². The number of aryl methyl sites for hydroxylation is 1.